The number of amides is 1. The molecule has 6 nitrogen and oxygen atoms in total. The zero-order chi connectivity index (χ0) is 21.6. The van der Waals surface area contributed by atoms with Gasteiger partial charge in [0.05, 0.1) is 5.71 Å². The summed E-state index contributed by atoms with van der Waals surface area (Å²) in [6.45, 7) is 4.12. The van der Waals surface area contributed by atoms with Crippen LogP contribution in [0, 0.1) is 24.2 Å². The second-order valence-electron chi connectivity index (χ2n) is 9.82. The molecular weight excluding hydrogens is 390 g/mol. The molecule has 3 aliphatic carbocycles. The number of anilines is 1. The van der Waals surface area contributed by atoms with Gasteiger partial charge < -0.3 is 15.0 Å². The third-order valence-electron chi connectivity index (χ3n) is 8.22. The predicted molar refractivity (Wildman–Crippen MR) is 118 cm³/mol. The Hall–Kier alpha value is -2.63. The normalized spacial score (nSPS) is 30.5. The van der Waals surface area contributed by atoms with Gasteiger partial charge in [-0.25, -0.2) is 0 Å². The number of nitrogens with zero attached hydrogens (tertiary/aromatic N) is 2. The van der Waals surface area contributed by atoms with Gasteiger partial charge in [-0.15, -0.1) is 0 Å². The highest BCUT2D eigenvalue weighted by molar-refractivity contribution is 5.92. The van der Waals surface area contributed by atoms with Crippen molar-refractivity contribution in [1.29, 1.82) is 0 Å². The maximum Gasteiger partial charge on any atom is 0.225 e. The summed E-state index contributed by atoms with van der Waals surface area (Å²) in [4.78, 5) is 12.5. The van der Waals surface area contributed by atoms with E-state index in [9.17, 15) is 10.0 Å². The predicted octanol–water partition coefficient (Wildman–Crippen LogP) is 5.24. The van der Waals surface area contributed by atoms with E-state index in [4.69, 9.17) is 4.52 Å². The van der Waals surface area contributed by atoms with E-state index >= 15 is 0 Å². The standard InChI is InChI=1S/C25H31N3O3/c1-15-14-22(28-31-15)26-23(29)11-7-17-5-3-4-16-6-8-18-19(24(16)17)12-13-25(2)20(18)9-10-21(25)27-30/h3-5,14,18-20,30H,6-13H2,1-2H3,(H,26,28,29)/b27-21+/t18?,19?,20?,25-/m0/s1. The van der Waals surface area contributed by atoms with E-state index in [2.05, 4.69) is 40.8 Å². The molecule has 0 aliphatic heterocycles. The molecule has 0 bridgehead atoms. The van der Waals surface area contributed by atoms with Crippen molar-refractivity contribution >= 4 is 17.4 Å². The van der Waals surface area contributed by atoms with E-state index in [1.165, 1.54) is 23.1 Å². The van der Waals surface area contributed by atoms with Gasteiger partial charge in [0.25, 0.3) is 0 Å². The van der Waals surface area contributed by atoms with Crippen LogP contribution in [-0.4, -0.2) is 22.0 Å². The number of rotatable bonds is 4. The molecule has 164 valence electrons. The molecule has 0 saturated heterocycles. The van der Waals surface area contributed by atoms with Crippen molar-refractivity contribution in [2.45, 2.75) is 71.1 Å². The monoisotopic (exact) mass is 421 g/mol. The molecule has 2 N–H and O–H groups in total. The van der Waals surface area contributed by atoms with Crippen molar-refractivity contribution in [1.82, 2.24) is 5.16 Å². The summed E-state index contributed by atoms with van der Waals surface area (Å²) in [5.41, 5.74) is 5.34. The minimum Gasteiger partial charge on any atom is -0.411 e. The molecule has 1 heterocycles. The number of oxime groups is 1. The number of hydrogen-bond acceptors (Lipinski definition) is 5. The van der Waals surface area contributed by atoms with Gasteiger partial charge in [-0.1, -0.05) is 35.4 Å². The molecule has 4 atom stereocenters. The van der Waals surface area contributed by atoms with E-state index < -0.39 is 0 Å². The first-order valence-electron chi connectivity index (χ1n) is 11.5. The fourth-order valence-electron chi connectivity index (χ4n) is 6.78. The fraction of sp³-hybridized carbons (Fsp3) is 0.560. The lowest BCUT2D eigenvalue weighted by Gasteiger charge is -2.49. The molecule has 1 aromatic carbocycles. The first-order chi connectivity index (χ1) is 15.0. The molecular formula is C25H31N3O3. The van der Waals surface area contributed by atoms with Crippen molar-refractivity contribution in [3.05, 3.63) is 46.7 Å². The number of aryl methyl sites for hydroxylation is 3. The number of carbonyl (C=O) groups excluding carboxylic acids is 1. The molecule has 2 fully saturated rings. The van der Waals surface area contributed by atoms with E-state index in [1.807, 2.05) is 6.92 Å². The quantitative estimate of drug-likeness (QED) is 0.522. The number of hydrogen-bond donors (Lipinski definition) is 2. The summed E-state index contributed by atoms with van der Waals surface area (Å²) in [6.07, 6.45) is 7.76. The molecule has 1 aromatic heterocycles. The van der Waals surface area contributed by atoms with E-state index in [0.29, 0.717) is 35.8 Å². The highest BCUT2D eigenvalue weighted by atomic mass is 16.5. The van der Waals surface area contributed by atoms with Gasteiger partial charge in [0.1, 0.15) is 5.76 Å². The van der Waals surface area contributed by atoms with Gasteiger partial charge in [0.2, 0.25) is 5.91 Å². The highest BCUT2D eigenvalue weighted by Crippen LogP contribution is 2.60. The summed E-state index contributed by atoms with van der Waals surface area (Å²) < 4.78 is 5.03. The summed E-state index contributed by atoms with van der Waals surface area (Å²) in [5, 5.41) is 19.9. The summed E-state index contributed by atoms with van der Waals surface area (Å²) in [6, 6.07) is 8.36. The van der Waals surface area contributed by atoms with E-state index in [0.717, 1.165) is 44.2 Å². The maximum atomic E-state index is 12.5. The molecule has 1 amide bonds. The summed E-state index contributed by atoms with van der Waals surface area (Å²) >= 11 is 0. The van der Waals surface area contributed by atoms with Crippen LogP contribution in [0.25, 0.3) is 0 Å². The Morgan fingerprint density at radius 3 is 2.97 bits per heavy atom. The Balaban J connectivity index is 1.35. The van der Waals surface area contributed by atoms with Crippen molar-refractivity contribution in [2.75, 3.05) is 5.32 Å². The van der Waals surface area contributed by atoms with Crippen LogP contribution in [0.4, 0.5) is 5.82 Å². The fourth-order valence-corrected chi connectivity index (χ4v) is 6.78. The number of fused-ring (bicyclic) bond motifs is 5. The Labute approximate surface area is 183 Å². The largest absolute Gasteiger partial charge is 0.411 e. The first-order valence-corrected chi connectivity index (χ1v) is 11.5. The molecule has 6 heteroatoms. The number of benzene rings is 1. The lowest BCUT2D eigenvalue weighted by Crippen LogP contribution is -2.42. The molecule has 0 radical (unpaired) electrons. The maximum absolute atomic E-state index is 12.5. The topological polar surface area (TPSA) is 87.7 Å². The smallest absolute Gasteiger partial charge is 0.225 e. The van der Waals surface area contributed by atoms with Crippen molar-refractivity contribution < 1.29 is 14.5 Å². The molecule has 3 unspecified atom stereocenters. The minimum absolute atomic E-state index is 0.0333. The number of carbonyl (C=O) groups is 1. The van der Waals surface area contributed by atoms with Gasteiger partial charge in [0.15, 0.2) is 5.82 Å². The van der Waals surface area contributed by atoms with Crippen LogP contribution in [0.15, 0.2) is 33.9 Å². The Bertz CT molecular complexity index is 1030. The molecule has 2 saturated carbocycles. The lowest BCUT2D eigenvalue weighted by molar-refractivity contribution is -0.116. The van der Waals surface area contributed by atoms with Crippen LogP contribution in [0.1, 0.15) is 73.8 Å². The van der Waals surface area contributed by atoms with Crippen LogP contribution < -0.4 is 5.32 Å². The molecule has 5 rings (SSSR count). The highest BCUT2D eigenvalue weighted by Gasteiger charge is 2.53. The Morgan fingerprint density at radius 1 is 1.32 bits per heavy atom. The third-order valence-corrected chi connectivity index (χ3v) is 8.22. The second kappa shape index (κ2) is 7.81. The zero-order valence-corrected chi connectivity index (χ0v) is 18.4. The molecule has 0 spiro atoms. The van der Waals surface area contributed by atoms with Crippen LogP contribution in [-0.2, 0) is 17.6 Å². The number of nitrogens with one attached hydrogen (secondary N) is 1. The molecule has 31 heavy (non-hydrogen) atoms. The summed E-state index contributed by atoms with van der Waals surface area (Å²) in [5.74, 6) is 2.91. The number of aromatic nitrogens is 1. The van der Waals surface area contributed by atoms with Crippen LogP contribution in [0.2, 0.25) is 0 Å². The van der Waals surface area contributed by atoms with Crippen molar-refractivity contribution in [3.63, 3.8) is 0 Å². The van der Waals surface area contributed by atoms with Crippen LogP contribution in [0.3, 0.4) is 0 Å². The lowest BCUT2D eigenvalue weighted by atomic mass is 9.55. The second-order valence-corrected chi connectivity index (χ2v) is 9.82. The van der Waals surface area contributed by atoms with Crippen LogP contribution in [0.5, 0.6) is 0 Å². The third kappa shape index (κ3) is 3.46. The molecule has 2 aromatic rings. The van der Waals surface area contributed by atoms with Crippen molar-refractivity contribution in [3.8, 4) is 0 Å². The average Bonchev–Trinajstić information content (AvgIpc) is 3.33. The first kappa shape index (κ1) is 20.3. The van der Waals surface area contributed by atoms with Gasteiger partial charge >= 0.3 is 0 Å². The van der Waals surface area contributed by atoms with E-state index in [-0.39, 0.29) is 11.3 Å². The van der Waals surface area contributed by atoms with Gasteiger partial charge in [0, 0.05) is 17.9 Å². The molecule has 3 aliphatic rings. The summed E-state index contributed by atoms with van der Waals surface area (Å²) in [7, 11) is 0. The van der Waals surface area contributed by atoms with Gasteiger partial charge in [-0.05, 0) is 86.3 Å². The Morgan fingerprint density at radius 2 is 2.19 bits per heavy atom. The SMILES string of the molecule is Cc1cc(NC(=O)CCc2cccc3c2C2CC[C@]4(C)/C(=N/O)CCC4C2CC3)no1. The zero-order valence-electron chi connectivity index (χ0n) is 18.4. The van der Waals surface area contributed by atoms with Gasteiger partial charge in [-0.3, -0.25) is 4.79 Å². The van der Waals surface area contributed by atoms with E-state index in [1.54, 1.807) is 6.07 Å². The minimum atomic E-state index is -0.0333. The van der Waals surface area contributed by atoms with Crippen molar-refractivity contribution in [2.24, 2.45) is 22.4 Å². The van der Waals surface area contributed by atoms with Gasteiger partial charge in [-0.2, -0.15) is 0 Å². The van der Waals surface area contributed by atoms with Crippen LogP contribution >= 0.6 is 0 Å². The average molecular weight is 422 g/mol. The Kier molecular flexibility index (Phi) is 5.11.